The summed E-state index contributed by atoms with van der Waals surface area (Å²) in [6.07, 6.45) is 4.30. The molecule has 1 unspecified atom stereocenters. The van der Waals surface area contributed by atoms with Crippen molar-refractivity contribution in [1.82, 2.24) is 0 Å². The Bertz CT molecular complexity index is 386. The number of hydrogen-bond acceptors (Lipinski definition) is 2. The molecule has 0 amide bonds. The van der Waals surface area contributed by atoms with E-state index in [1.165, 1.54) is 12.0 Å². The van der Waals surface area contributed by atoms with Gasteiger partial charge in [-0.25, -0.2) is 0 Å². The quantitative estimate of drug-likeness (QED) is 0.595. The van der Waals surface area contributed by atoms with Crippen molar-refractivity contribution in [3.8, 4) is 11.5 Å². The van der Waals surface area contributed by atoms with E-state index in [1.54, 1.807) is 6.07 Å². The summed E-state index contributed by atoms with van der Waals surface area (Å²) in [6.45, 7) is 16.7. The van der Waals surface area contributed by atoms with E-state index in [1.807, 2.05) is 33.8 Å². The molecule has 2 N–H and O–H groups in total. The minimum atomic E-state index is 0.0122. The summed E-state index contributed by atoms with van der Waals surface area (Å²) in [4.78, 5) is 0. The maximum absolute atomic E-state index is 9.79. The highest BCUT2D eigenvalue weighted by molar-refractivity contribution is 5.50. The third-order valence-electron chi connectivity index (χ3n) is 3.70. The number of phenols is 2. The number of benzene rings is 1. The molecule has 0 saturated heterocycles. The lowest BCUT2D eigenvalue weighted by Gasteiger charge is -2.30. The van der Waals surface area contributed by atoms with Gasteiger partial charge in [-0.1, -0.05) is 74.3 Å². The van der Waals surface area contributed by atoms with E-state index >= 15 is 0 Å². The number of fused-ring (bicyclic) bond motifs is 1. The van der Waals surface area contributed by atoms with E-state index < -0.39 is 0 Å². The van der Waals surface area contributed by atoms with Crippen molar-refractivity contribution < 1.29 is 10.2 Å². The third-order valence-corrected chi connectivity index (χ3v) is 3.70. The lowest BCUT2D eigenvalue weighted by atomic mass is 9.75. The Kier molecular flexibility index (Phi) is 14.1. The topological polar surface area (TPSA) is 40.5 Å². The van der Waals surface area contributed by atoms with Crippen LogP contribution in [0.5, 0.6) is 11.5 Å². The van der Waals surface area contributed by atoms with E-state index in [-0.39, 0.29) is 11.5 Å². The first kappa shape index (κ1) is 23.1. The van der Waals surface area contributed by atoms with Crippen LogP contribution in [0, 0.1) is 11.8 Å². The van der Waals surface area contributed by atoms with Crippen molar-refractivity contribution in [1.29, 1.82) is 0 Å². The van der Waals surface area contributed by atoms with E-state index in [0.29, 0.717) is 11.8 Å². The average molecular weight is 311 g/mol. The van der Waals surface area contributed by atoms with Crippen molar-refractivity contribution in [2.45, 2.75) is 81.1 Å². The first-order valence-electron chi connectivity index (χ1n) is 9.07. The zero-order chi connectivity index (χ0) is 17.7. The predicted octanol–water partition coefficient (Wildman–Crippen LogP) is 6.33. The summed E-state index contributed by atoms with van der Waals surface area (Å²) in [5, 5.41) is 19.2. The van der Waals surface area contributed by atoms with Crippen LogP contribution in [0.4, 0.5) is 0 Å². The maximum atomic E-state index is 9.79. The van der Waals surface area contributed by atoms with Gasteiger partial charge in [0, 0.05) is 5.56 Å². The monoisotopic (exact) mass is 310 g/mol. The van der Waals surface area contributed by atoms with Crippen molar-refractivity contribution >= 4 is 0 Å². The van der Waals surface area contributed by atoms with Gasteiger partial charge in [-0.05, 0) is 36.3 Å². The second kappa shape index (κ2) is 13.5. The number of rotatable bonds is 1. The molecule has 0 saturated carbocycles. The largest absolute Gasteiger partial charge is 0.504 e. The lowest BCUT2D eigenvalue weighted by molar-refractivity contribution is 0.312. The van der Waals surface area contributed by atoms with Gasteiger partial charge in [0.15, 0.2) is 11.5 Å². The fourth-order valence-corrected chi connectivity index (χ4v) is 2.61. The van der Waals surface area contributed by atoms with Gasteiger partial charge in [0.1, 0.15) is 0 Å². The van der Waals surface area contributed by atoms with Crippen LogP contribution < -0.4 is 0 Å². The van der Waals surface area contributed by atoms with Crippen LogP contribution in [0.1, 0.15) is 79.4 Å². The maximum Gasteiger partial charge on any atom is 0.160 e. The molecule has 0 radical (unpaired) electrons. The van der Waals surface area contributed by atoms with Crippen molar-refractivity contribution in [2.75, 3.05) is 0 Å². The van der Waals surface area contributed by atoms with Gasteiger partial charge in [-0.3, -0.25) is 0 Å². The first-order valence-corrected chi connectivity index (χ1v) is 9.07. The van der Waals surface area contributed by atoms with Crippen LogP contribution >= 0.6 is 0 Å². The smallest absolute Gasteiger partial charge is 0.160 e. The van der Waals surface area contributed by atoms with Crippen molar-refractivity contribution in [2.24, 2.45) is 11.8 Å². The average Bonchev–Trinajstić information content (AvgIpc) is 2.55. The van der Waals surface area contributed by atoms with Crippen LogP contribution in [-0.4, -0.2) is 10.2 Å². The number of hydrogen-bond donors (Lipinski definition) is 2. The SMILES string of the molecule is CC.CC.CCC.CC[C@@H]1Cc2c(ccc(O)c2O)CC1C. The second-order valence-electron chi connectivity index (χ2n) is 5.33. The normalized spacial score (nSPS) is 18.4. The molecule has 0 aromatic heterocycles. The Morgan fingerprint density at radius 3 is 1.91 bits per heavy atom. The molecular weight excluding hydrogens is 272 g/mol. The highest BCUT2D eigenvalue weighted by Crippen LogP contribution is 2.40. The summed E-state index contributed by atoms with van der Waals surface area (Å²) in [5.74, 6) is 1.41. The molecule has 2 atom stereocenters. The van der Waals surface area contributed by atoms with Crippen molar-refractivity contribution in [3.63, 3.8) is 0 Å². The fourth-order valence-electron chi connectivity index (χ4n) is 2.61. The zero-order valence-electron chi connectivity index (χ0n) is 16.0. The zero-order valence-corrected chi connectivity index (χ0v) is 16.0. The minimum absolute atomic E-state index is 0.0122. The van der Waals surface area contributed by atoms with Crippen LogP contribution in [0.2, 0.25) is 0 Å². The van der Waals surface area contributed by atoms with Crippen LogP contribution in [0.3, 0.4) is 0 Å². The Hall–Kier alpha value is -1.18. The molecule has 0 aliphatic heterocycles. The molecule has 1 aromatic carbocycles. The Labute approximate surface area is 138 Å². The Balaban J connectivity index is 0. The second-order valence-corrected chi connectivity index (χ2v) is 5.33. The molecule has 0 spiro atoms. The highest BCUT2D eigenvalue weighted by Gasteiger charge is 2.26. The van der Waals surface area contributed by atoms with E-state index in [4.69, 9.17) is 0 Å². The van der Waals surface area contributed by atoms with Gasteiger partial charge in [-0.2, -0.15) is 0 Å². The molecular formula is C20H38O2. The predicted molar refractivity (Wildman–Crippen MR) is 98.8 cm³/mol. The number of aromatic hydroxyl groups is 2. The van der Waals surface area contributed by atoms with Crippen LogP contribution in [-0.2, 0) is 12.8 Å². The van der Waals surface area contributed by atoms with Crippen LogP contribution in [0.15, 0.2) is 12.1 Å². The van der Waals surface area contributed by atoms with E-state index in [0.717, 1.165) is 24.8 Å². The standard InChI is InChI=1S/C13H18O2.C3H8.2C2H6/c1-3-9-7-11-10(6-8(9)2)4-5-12(14)13(11)15;1-3-2;2*1-2/h4-5,8-9,14-15H,3,6-7H2,1-2H3;3H2,1-2H3;2*1-2H3/t8?,9-;;;/m1.../s1. The van der Waals surface area contributed by atoms with E-state index in [2.05, 4.69) is 27.7 Å². The summed E-state index contributed by atoms with van der Waals surface area (Å²) in [6, 6.07) is 3.53. The van der Waals surface area contributed by atoms with Gasteiger partial charge >= 0.3 is 0 Å². The molecule has 2 nitrogen and oxygen atoms in total. The molecule has 2 rings (SSSR count). The van der Waals surface area contributed by atoms with Gasteiger partial charge in [0.2, 0.25) is 0 Å². The van der Waals surface area contributed by atoms with Gasteiger partial charge < -0.3 is 10.2 Å². The summed E-state index contributed by atoms with van der Waals surface area (Å²) in [7, 11) is 0. The Morgan fingerprint density at radius 2 is 1.45 bits per heavy atom. The molecule has 22 heavy (non-hydrogen) atoms. The molecule has 0 bridgehead atoms. The molecule has 1 aliphatic rings. The minimum Gasteiger partial charge on any atom is -0.504 e. The van der Waals surface area contributed by atoms with Gasteiger partial charge in [-0.15, -0.1) is 0 Å². The first-order chi connectivity index (χ1) is 10.5. The highest BCUT2D eigenvalue weighted by atomic mass is 16.3. The van der Waals surface area contributed by atoms with Crippen molar-refractivity contribution in [3.05, 3.63) is 23.3 Å². The van der Waals surface area contributed by atoms with Gasteiger partial charge in [0.25, 0.3) is 0 Å². The number of phenolic OH excluding ortho intramolecular Hbond substituents is 2. The summed E-state index contributed by atoms with van der Waals surface area (Å²) in [5.41, 5.74) is 2.16. The molecule has 0 fully saturated rings. The third kappa shape index (κ3) is 6.72. The van der Waals surface area contributed by atoms with Gasteiger partial charge in [0.05, 0.1) is 0 Å². The summed E-state index contributed by atoms with van der Waals surface area (Å²) >= 11 is 0. The summed E-state index contributed by atoms with van der Waals surface area (Å²) < 4.78 is 0. The lowest BCUT2D eigenvalue weighted by Crippen LogP contribution is -2.22. The molecule has 0 heterocycles. The fraction of sp³-hybridized carbons (Fsp3) is 0.700. The molecule has 1 aromatic rings. The molecule has 2 heteroatoms. The molecule has 1 aliphatic carbocycles. The Morgan fingerprint density at radius 1 is 0.955 bits per heavy atom. The van der Waals surface area contributed by atoms with E-state index in [9.17, 15) is 10.2 Å². The van der Waals surface area contributed by atoms with Crippen LogP contribution in [0.25, 0.3) is 0 Å². The molecule has 130 valence electrons.